The molecule has 0 aliphatic carbocycles. The van der Waals surface area contributed by atoms with E-state index >= 15 is 0 Å². The van der Waals surface area contributed by atoms with E-state index < -0.39 is 11.8 Å². The molecule has 0 unspecified atom stereocenters. The molecule has 0 aromatic heterocycles. The molecule has 0 aliphatic rings. The van der Waals surface area contributed by atoms with Gasteiger partial charge in [-0.1, -0.05) is 0 Å². The normalized spacial score (nSPS) is 8.83. The Hall–Kier alpha value is -1.72. The van der Waals surface area contributed by atoms with Gasteiger partial charge >= 0.3 is 0 Å². The minimum Gasteiger partial charge on any atom is -0.298 e. The van der Waals surface area contributed by atoms with Crippen molar-refractivity contribution in [3.8, 4) is 0 Å². The highest BCUT2D eigenvalue weighted by Crippen LogP contribution is 1.95. The average molecular weight is 171 g/mol. The van der Waals surface area contributed by atoms with E-state index in [-0.39, 0.29) is 18.7 Å². The zero-order valence-electron chi connectivity index (χ0n) is 6.29. The fourth-order valence-corrected chi connectivity index (χ4v) is 0.427. The molecule has 0 spiro atoms. The van der Waals surface area contributed by atoms with Crippen LogP contribution in [0, 0.1) is 5.92 Å². The molecule has 4 amide bonds. The summed E-state index contributed by atoms with van der Waals surface area (Å²) in [5, 5.41) is 3.50. The first-order valence-corrected chi connectivity index (χ1v) is 2.96. The van der Waals surface area contributed by atoms with Crippen LogP contribution in [0.3, 0.4) is 0 Å². The molecular weight excluding hydrogens is 164 g/mol. The molecule has 0 aromatic rings. The van der Waals surface area contributed by atoms with Crippen LogP contribution in [0.25, 0.3) is 0 Å². The Labute approximate surface area is 68.3 Å². The van der Waals surface area contributed by atoms with E-state index in [0.29, 0.717) is 0 Å². The van der Waals surface area contributed by atoms with Crippen molar-refractivity contribution in [2.75, 3.05) is 0 Å². The summed E-state index contributed by atoms with van der Waals surface area (Å²) in [6.45, 7) is 1.19. The molecule has 0 rings (SSSR count). The van der Waals surface area contributed by atoms with E-state index in [4.69, 9.17) is 0 Å². The number of nitrogens with one attached hydrogen (secondary N) is 2. The first-order chi connectivity index (χ1) is 5.63. The third-order valence-electron chi connectivity index (χ3n) is 1.06. The smallest absolute Gasteiger partial charge is 0.243 e. The minimum absolute atomic E-state index is 0.153. The number of hydrogen-bond donors (Lipinski definition) is 2. The van der Waals surface area contributed by atoms with Crippen LogP contribution in [-0.4, -0.2) is 24.6 Å². The minimum atomic E-state index is -0.829. The molecule has 0 aliphatic heterocycles. The summed E-state index contributed by atoms with van der Waals surface area (Å²) in [6.07, 6.45) is 0.306. The Morgan fingerprint density at radius 1 is 1.00 bits per heavy atom. The van der Waals surface area contributed by atoms with Gasteiger partial charge in [0.05, 0.1) is 0 Å². The molecule has 0 fully saturated rings. The van der Waals surface area contributed by atoms with Gasteiger partial charge in [0.1, 0.15) is 5.92 Å². The van der Waals surface area contributed by atoms with Crippen LogP contribution >= 0.6 is 0 Å². The second-order valence-corrected chi connectivity index (χ2v) is 1.81. The summed E-state index contributed by atoms with van der Waals surface area (Å²) in [6, 6.07) is 0. The van der Waals surface area contributed by atoms with E-state index in [0.717, 1.165) is 0 Å². The van der Waals surface area contributed by atoms with E-state index in [1.165, 1.54) is 6.92 Å². The van der Waals surface area contributed by atoms with Crippen molar-refractivity contribution in [2.24, 2.45) is 0 Å². The average Bonchev–Trinajstić information content (AvgIpc) is 2.04. The highest BCUT2D eigenvalue weighted by molar-refractivity contribution is 6.17. The molecule has 0 bridgehead atoms. The number of rotatable bonds is 4. The lowest BCUT2D eigenvalue weighted by atomic mass is 10.1. The van der Waals surface area contributed by atoms with Gasteiger partial charge in [0.25, 0.3) is 0 Å². The number of amides is 4. The van der Waals surface area contributed by atoms with Crippen LogP contribution in [0.15, 0.2) is 0 Å². The lowest BCUT2D eigenvalue weighted by Gasteiger charge is -2.04. The van der Waals surface area contributed by atoms with Gasteiger partial charge in [-0.05, 0) is 6.92 Å². The Balaban J connectivity index is 4.07. The Morgan fingerprint density at radius 2 is 1.33 bits per heavy atom. The first-order valence-electron chi connectivity index (χ1n) is 2.96. The monoisotopic (exact) mass is 171 g/mol. The van der Waals surface area contributed by atoms with Gasteiger partial charge in [0.15, 0.2) is 0 Å². The van der Waals surface area contributed by atoms with E-state index in [1.54, 1.807) is 10.6 Å². The first kappa shape index (κ1) is 10.3. The van der Waals surface area contributed by atoms with Crippen LogP contribution in [0.4, 0.5) is 0 Å². The Kier molecular flexibility index (Phi) is 4.28. The predicted octanol–water partition coefficient (Wildman–Crippen LogP) is -1.87. The van der Waals surface area contributed by atoms with E-state index in [9.17, 15) is 19.2 Å². The molecule has 0 heterocycles. The zero-order chi connectivity index (χ0) is 9.56. The van der Waals surface area contributed by atoms with Crippen molar-refractivity contribution in [1.82, 2.24) is 10.6 Å². The van der Waals surface area contributed by atoms with Crippen LogP contribution in [0.5, 0.6) is 0 Å². The van der Waals surface area contributed by atoms with Gasteiger partial charge in [0, 0.05) is 0 Å². The van der Waals surface area contributed by atoms with Gasteiger partial charge in [-0.3, -0.25) is 29.8 Å². The number of carbonyl (C=O) groups excluding carboxylic acids is 4. The highest BCUT2D eigenvalue weighted by Gasteiger charge is 2.21. The number of hydrogen-bond acceptors (Lipinski definition) is 4. The number of carbonyl (C=O) groups is 4. The van der Waals surface area contributed by atoms with Crippen molar-refractivity contribution in [1.29, 1.82) is 0 Å². The molecule has 6 nitrogen and oxygen atoms in total. The van der Waals surface area contributed by atoms with Crippen molar-refractivity contribution in [3.05, 3.63) is 5.92 Å². The molecule has 0 saturated carbocycles. The molecule has 1 radical (unpaired) electrons. The van der Waals surface area contributed by atoms with Gasteiger partial charge in [-0.15, -0.1) is 0 Å². The maximum Gasteiger partial charge on any atom is 0.243 e. The summed E-state index contributed by atoms with van der Waals surface area (Å²) >= 11 is 0. The topological polar surface area (TPSA) is 92.3 Å². The molecule has 12 heavy (non-hydrogen) atoms. The SMILES string of the molecule is C[C](C(=O)NC=O)C(=O)NC=O. The van der Waals surface area contributed by atoms with Gasteiger partial charge in [0.2, 0.25) is 24.6 Å². The van der Waals surface area contributed by atoms with Crippen molar-refractivity contribution < 1.29 is 19.2 Å². The van der Waals surface area contributed by atoms with Crippen molar-refractivity contribution in [3.63, 3.8) is 0 Å². The van der Waals surface area contributed by atoms with Crippen LogP contribution < -0.4 is 10.6 Å². The van der Waals surface area contributed by atoms with E-state index in [1.807, 2.05) is 0 Å². The number of imide groups is 2. The maximum absolute atomic E-state index is 10.7. The van der Waals surface area contributed by atoms with Gasteiger partial charge < -0.3 is 0 Å². The lowest BCUT2D eigenvalue weighted by molar-refractivity contribution is -0.129. The highest BCUT2D eigenvalue weighted by atomic mass is 16.2. The Morgan fingerprint density at radius 3 is 1.58 bits per heavy atom. The molecule has 65 valence electrons. The summed E-state index contributed by atoms with van der Waals surface area (Å²) in [4.78, 5) is 40.9. The third-order valence-corrected chi connectivity index (χ3v) is 1.06. The van der Waals surface area contributed by atoms with Crippen LogP contribution in [0.2, 0.25) is 0 Å². The second-order valence-electron chi connectivity index (χ2n) is 1.81. The molecule has 6 heteroatoms. The zero-order valence-corrected chi connectivity index (χ0v) is 6.29. The second kappa shape index (κ2) is 5.00. The summed E-state index contributed by atoms with van der Waals surface area (Å²) < 4.78 is 0. The molecule has 0 aromatic carbocycles. The molecule has 2 N–H and O–H groups in total. The van der Waals surface area contributed by atoms with Crippen LogP contribution in [0.1, 0.15) is 6.92 Å². The molecule has 0 atom stereocenters. The van der Waals surface area contributed by atoms with Gasteiger partial charge in [-0.25, -0.2) is 0 Å². The largest absolute Gasteiger partial charge is 0.298 e. The molecule has 0 saturated heterocycles. The van der Waals surface area contributed by atoms with Crippen LogP contribution in [-0.2, 0) is 19.2 Å². The quantitative estimate of drug-likeness (QED) is 0.382. The Bertz CT molecular complexity index is 192. The lowest BCUT2D eigenvalue weighted by Crippen LogP contribution is -2.37. The maximum atomic E-state index is 10.7. The molecular formula is C6H7N2O4. The fraction of sp³-hybridized carbons (Fsp3) is 0.167. The summed E-state index contributed by atoms with van der Waals surface area (Å²) in [7, 11) is 0. The van der Waals surface area contributed by atoms with Crippen molar-refractivity contribution in [2.45, 2.75) is 6.92 Å². The van der Waals surface area contributed by atoms with Crippen molar-refractivity contribution >= 4 is 24.6 Å². The fourth-order valence-electron chi connectivity index (χ4n) is 0.427. The summed E-state index contributed by atoms with van der Waals surface area (Å²) in [5.74, 6) is -1.91. The third kappa shape index (κ3) is 2.91. The predicted molar refractivity (Wildman–Crippen MR) is 37.3 cm³/mol. The van der Waals surface area contributed by atoms with Gasteiger partial charge in [-0.2, -0.15) is 0 Å². The standard InChI is InChI=1S/C6H7N2O4/c1-4(5(11)7-2-9)6(12)8-3-10/h2-3H,1H3,(H,7,9,11)(H,8,10,12). The summed E-state index contributed by atoms with van der Waals surface area (Å²) in [5.41, 5.74) is 0. The van der Waals surface area contributed by atoms with E-state index in [2.05, 4.69) is 0 Å².